The van der Waals surface area contributed by atoms with Gasteiger partial charge < -0.3 is 24.6 Å². The van der Waals surface area contributed by atoms with Crippen LogP contribution in [-0.2, 0) is 20.6 Å². The maximum Gasteiger partial charge on any atom is 0.337 e. The minimum absolute atomic E-state index is 0.156. The SMILES string of the molecule is CCNC(=O)Nc1ncnc2c1ncn2C1OC(CCc2ncccc2C(=O)O)C2O[C@H](c3ccccc3)OC21. The molecule has 2 aliphatic rings. The van der Waals surface area contributed by atoms with Crippen LogP contribution in [0.15, 0.2) is 61.3 Å². The Hall–Kier alpha value is -4.46. The molecule has 4 unspecified atom stereocenters. The summed E-state index contributed by atoms with van der Waals surface area (Å²) >= 11 is 0. The number of aromatic carboxylic acids is 1. The number of nitrogens with zero attached hydrogens (tertiary/aromatic N) is 5. The van der Waals surface area contributed by atoms with Gasteiger partial charge in [-0.1, -0.05) is 30.3 Å². The van der Waals surface area contributed by atoms with Gasteiger partial charge in [-0.05, 0) is 31.9 Å². The molecule has 13 nitrogen and oxygen atoms in total. The van der Waals surface area contributed by atoms with Crippen molar-refractivity contribution in [3.05, 3.63) is 78.1 Å². The van der Waals surface area contributed by atoms with E-state index in [1.165, 1.54) is 12.4 Å². The second-order valence-electron chi connectivity index (χ2n) is 9.38. The number of carbonyl (C=O) groups excluding carboxylic acids is 1. The van der Waals surface area contributed by atoms with Gasteiger partial charge in [0.15, 0.2) is 29.5 Å². The molecule has 4 aromatic rings. The molecule has 3 N–H and O–H groups in total. The Morgan fingerprint density at radius 1 is 1.00 bits per heavy atom. The number of fused-ring (bicyclic) bond motifs is 2. The predicted molar refractivity (Wildman–Crippen MR) is 140 cm³/mol. The predicted octanol–water partition coefficient (Wildman–Crippen LogP) is 3.07. The van der Waals surface area contributed by atoms with E-state index in [2.05, 4.69) is 30.6 Å². The summed E-state index contributed by atoms with van der Waals surface area (Å²) in [5.74, 6) is -0.764. The molecule has 2 fully saturated rings. The monoisotopic (exact) mass is 545 g/mol. The number of aryl methyl sites for hydroxylation is 1. The van der Waals surface area contributed by atoms with E-state index in [-0.39, 0.29) is 11.4 Å². The Morgan fingerprint density at radius 3 is 2.62 bits per heavy atom. The Bertz CT molecular complexity index is 1530. The molecule has 0 saturated carbocycles. The van der Waals surface area contributed by atoms with Crippen molar-refractivity contribution < 1.29 is 28.9 Å². The van der Waals surface area contributed by atoms with Crippen LogP contribution in [0.5, 0.6) is 0 Å². The molecular formula is C27H27N7O6. The summed E-state index contributed by atoms with van der Waals surface area (Å²) in [6, 6.07) is 12.4. The minimum Gasteiger partial charge on any atom is -0.478 e. The number of hydrogen-bond donors (Lipinski definition) is 3. The molecule has 0 radical (unpaired) electrons. The number of urea groups is 1. The van der Waals surface area contributed by atoms with E-state index in [1.54, 1.807) is 23.2 Å². The number of imidazole rings is 1. The summed E-state index contributed by atoms with van der Waals surface area (Å²) in [5, 5.41) is 14.9. The van der Waals surface area contributed by atoms with Gasteiger partial charge in [0.2, 0.25) is 0 Å². The van der Waals surface area contributed by atoms with Crippen molar-refractivity contribution >= 4 is 29.0 Å². The number of pyridine rings is 1. The molecule has 5 heterocycles. The van der Waals surface area contributed by atoms with E-state index in [0.29, 0.717) is 36.2 Å². The van der Waals surface area contributed by atoms with Gasteiger partial charge in [-0.25, -0.2) is 24.5 Å². The number of hydrogen-bond acceptors (Lipinski definition) is 9. The summed E-state index contributed by atoms with van der Waals surface area (Å²) in [6.45, 7) is 2.28. The molecule has 40 heavy (non-hydrogen) atoms. The first-order valence-corrected chi connectivity index (χ1v) is 12.9. The lowest BCUT2D eigenvalue weighted by Gasteiger charge is -2.21. The number of aromatic nitrogens is 5. The van der Waals surface area contributed by atoms with Gasteiger partial charge in [0, 0.05) is 18.3 Å². The van der Waals surface area contributed by atoms with E-state index >= 15 is 0 Å². The first-order chi connectivity index (χ1) is 19.5. The first kappa shape index (κ1) is 25.8. The molecule has 3 aromatic heterocycles. The zero-order valence-corrected chi connectivity index (χ0v) is 21.5. The van der Waals surface area contributed by atoms with Gasteiger partial charge in [-0.2, -0.15) is 0 Å². The minimum atomic E-state index is -1.03. The zero-order valence-electron chi connectivity index (χ0n) is 21.5. The molecule has 2 amide bonds. The molecule has 0 spiro atoms. The van der Waals surface area contributed by atoms with Gasteiger partial charge in [0.25, 0.3) is 0 Å². The molecule has 2 saturated heterocycles. The van der Waals surface area contributed by atoms with Crippen LogP contribution >= 0.6 is 0 Å². The van der Waals surface area contributed by atoms with Crippen LogP contribution in [0, 0.1) is 0 Å². The molecule has 0 bridgehead atoms. The summed E-state index contributed by atoms with van der Waals surface area (Å²) in [5.41, 5.74) is 2.35. The van der Waals surface area contributed by atoms with Crippen LogP contribution in [-0.4, -0.2) is 66.5 Å². The number of carboxylic acids is 1. The van der Waals surface area contributed by atoms with Crippen LogP contribution in [0.2, 0.25) is 0 Å². The van der Waals surface area contributed by atoms with Crippen molar-refractivity contribution in [1.82, 2.24) is 29.8 Å². The van der Waals surface area contributed by atoms with Gasteiger partial charge in [-0.15, -0.1) is 0 Å². The van der Waals surface area contributed by atoms with Crippen LogP contribution in [0.1, 0.15) is 47.5 Å². The summed E-state index contributed by atoms with van der Waals surface area (Å²) in [4.78, 5) is 41.1. The van der Waals surface area contributed by atoms with Crippen molar-refractivity contribution in [3.8, 4) is 0 Å². The van der Waals surface area contributed by atoms with E-state index in [0.717, 1.165) is 5.56 Å². The Labute approximate surface area is 228 Å². The molecule has 6 rings (SSSR count). The standard InChI is InChI=1S/C27H27N7O6/c1-2-28-27(37)33-22-19-23(31-13-30-22)34(14-32-19)24-21-20(39-26(40-21)15-7-4-3-5-8-15)18(38-24)11-10-17-16(25(35)36)9-6-12-29-17/h3-9,12-14,18,20-21,24,26H,2,10-11H2,1H3,(H,35,36)(H2,28,30,31,33,37)/t18?,20?,21?,24?,26-/m0/s1. The number of carboxylic acid groups (broad SMARTS) is 1. The topological polar surface area (TPSA) is 163 Å². The second-order valence-corrected chi connectivity index (χ2v) is 9.38. The third-order valence-corrected chi connectivity index (χ3v) is 6.91. The van der Waals surface area contributed by atoms with Gasteiger partial charge in [-0.3, -0.25) is 14.9 Å². The van der Waals surface area contributed by atoms with Gasteiger partial charge >= 0.3 is 12.0 Å². The molecule has 2 aliphatic heterocycles. The Balaban J connectivity index is 1.30. The summed E-state index contributed by atoms with van der Waals surface area (Å²) in [7, 11) is 0. The Morgan fingerprint density at radius 2 is 1.82 bits per heavy atom. The van der Waals surface area contributed by atoms with Crippen molar-refractivity contribution in [3.63, 3.8) is 0 Å². The molecule has 13 heteroatoms. The number of ether oxygens (including phenoxy) is 3. The lowest BCUT2D eigenvalue weighted by Crippen LogP contribution is -2.29. The summed E-state index contributed by atoms with van der Waals surface area (Å²) < 4.78 is 21.0. The third kappa shape index (κ3) is 4.85. The van der Waals surface area contributed by atoms with Crippen LogP contribution in [0.25, 0.3) is 11.2 Å². The van der Waals surface area contributed by atoms with E-state index in [1.807, 2.05) is 37.3 Å². The van der Waals surface area contributed by atoms with Crippen molar-refractivity contribution in [2.75, 3.05) is 11.9 Å². The molecule has 1 aromatic carbocycles. The smallest absolute Gasteiger partial charge is 0.337 e. The number of anilines is 1. The van der Waals surface area contributed by atoms with E-state index < -0.39 is 42.8 Å². The number of rotatable bonds is 8. The van der Waals surface area contributed by atoms with E-state index in [4.69, 9.17) is 14.2 Å². The fourth-order valence-corrected chi connectivity index (χ4v) is 5.11. The fraction of sp³-hybridized carbons (Fsp3) is 0.333. The highest BCUT2D eigenvalue weighted by molar-refractivity contribution is 5.95. The van der Waals surface area contributed by atoms with Gasteiger partial charge in [0.1, 0.15) is 18.5 Å². The number of nitrogens with one attached hydrogen (secondary N) is 2. The highest BCUT2D eigenvalue weighted by atomic mass is 16.8. The molecule has 0 aliphatic carbocycles. The number of benzene rings is 1. The number of carbonyl (C=O) groups is 2. The second kappa shape index (κ2) is 11.0. The average Bonchev–Trinajstić information content (AvgIpc) is 3.67. The van der Waals surface area contributed by atoms with Crippen molar-refractivity contribution in [2.24, 2.45) is 0 Å². The van der Waals surface area contributed by atoms with Gasteiger partial charge in [0.05, 0.1) is 23.7 Å². The normalized spacial score (nSPS) is 23.7. The maximum atomic E-state index is 12.1. The zero-order chi connectivity index (χ0) is 27.6. The quantitative estimate of drug-likeness (QED) is 0.300. The largest absolute Gasteiger partial charge is 0.478 e. The Kier molecular flexibility index (Phi) is 7.07. The highest BCUT2D eigenvalue weighted by Crippen LogP contribution is 2.46. The van der Waals surface area contributed by atoms with Crippen molar-refractivity contribution in [1.29, 1.82) is 0 Å². The van der Waals surface area contributed by atoms with Crippen LogP contribution in [0.3, 0.4) is 0 Å². The number of amides is 2. The fourth-order valence-electron chi connectivity index (χ4n) is 5.11. The average molecular weight is 546 g/mol. The lowest BCUT2D eigenvalue weighted by atomic mass is 10.0. The van der Waals surface area contributed by atoms with Crippen LogP contribution in [0.4, 0.5) is 10.6 Å². The first-order valence-electron chi connectivity index (χ1n) is 12.9. The highest BCUT2D eigenvalue weighted by Gasteiger charge is 2.53. The van der Waals surface area contributed by atoms with Crippen LogP contribution < -0.4 is 10.6 Å². The third-order valence-electron chi connectivity index (χ3n) is 6.91. The lowest BCUT2D eigenvalue weighted by molar-refractivity contribution is -0.148. The molecule has 5 atom stereocenters. The maximum absolute atomic E-state index is 12.1. The summed E-state index contributed by atoms with van der Waals surface area (Å²) in [6.07, 6.45) is 2.68. The molecular weight excluding hydrogens is 518 g/mol. The molecule has 206 valence electrons. The van der Waals surface area contributed by atoms with Crippen molar-refractivity contribution in [2.45, 2.75) is 50.6 Å². The van der Waals surface area contributed by atoms with E-state index in [9.17, 15) is 14.7 Å².